The Morgan fingerprint density at radius 1 is 0.395 bits per heavy atom. The van der Waals surface area contributed by atoms with Gasteiger partial charge in [-0.1, -0.05) is 115 Å². The summed E-state index contributed by atoms with van der Waals surface area (Å²) in [4.78, 5) is 0. The van der Waals surface area contributed by atoms with Crippen LogP contribution >= 0.6 is 0 Å². The molecular formula is C36H25NO. The van der Waals surface area contributed by atoms with Crippen LogP contribution in [0.4, 0.5) is 5.69 Å². The number of nitrogens with two attached hydrogens (primary N) is 1. The summed E-state index contributed by atoms with van der Waals surface area (Å²) >= 11 is 0. The lowest BCUT2D eigenvalue weighted by Gasteiger charge is -2.14. The summed E-state index contributed by atoms with van der Waals surface area (Å²) in [6.45, 7) is 0. The molecule has 2 N–H and O–H groups in total. The first kappa shape index (κ1) is 22.1. The summed E-state index contributed by atoms with van der Waals surface area (Å²) in [5.74, 6) is 0. The van der Waals surface area contributed by atoms with Gasteiger partial charge in [-0.3, -0.25) is 0 Å². The second kappa shape index (κ2) is 9.10. The lowest BCUT2D eigenvalue weighted by Crippen LogP contribution is -1.91. The Morgan fingerprint density at radius 3 is 1.87 bits per heavy atom. The van der Waals surface area contributed by atoms with Crippen LogP contribution in [0.1, 0.15) is 0 Å². The highest BCUT2D eigenvalue weighted by Crippen LogP contribution is 2.39. The fourth-order valence-electron chi connectivity index (χ4n) is 5.35. The summed E-state index contributed by atoms with van der Waals surface area (Å²) in [5, 5.41) is 2.27. The molecule has 180 valence electrons. The van der Waals surface area contributed by atoms with E-state index >= 15 is 0 Å². The van der Waals surface area contributed by atoms with Crippen LogP contribution in [0.3, 0.4) is 0 Å². The predicted octanol–water partition coefficient (Wildman–Crippen LogP) is 9.84. The first-order valence-corrected chi connectivity index (χ1v) is 12.8. The average Bonchev–Trinajstić information content (AvgIpc) is 3.37. The molecule has 1 heterocycles. The fraction of sp³-hybridized carbons (Fsp3) is 0. The molecule has 0 amide bonds. The van der Waals surface area contributed by atoms with Gasteiger partial charge in [0, 0.05) is 22.0 Å². The molecule has 2 nitrogen and oxygen atoms in total. The van der Waals surface area contributed by atoms with Gasteiger partial charge in [0.05, 0.1) is 0 Å². The standard InChI is InChI=1S/C36H25NO/c37-29-20-21-30(34(23-29)26-18-16-25(17-19-26)24-8-2-1-3-9-24)27-10-6-11-28(22-27)31-13-7-14-33-32-12-4-5-15-35(32)38-36(31)33/h1-23H,37H2. The maximum absolute atomic E-state index is 6.32. The molecule has 0 unspecified atom stereocenters. The van der Waals surface area contributed by atoms with Crippen LogP contribution in [0, 0.1) is 0 Å². The van der Waals surface area contributed by atoms with Crippen molar-refractivity contribution in [2.24, 2.45) is 0 Å². The van der Waals surface area contributed by atoms with Crippen molar-refractivity contribution in [3.05, 3.63) is 140 Å². The summed E-state index contributed by atoms with van der Waals surface area (Å²) in [6.07, 6.45) is 0. The highest BCUT2D eigenvalue weighted by molar-refractivity contribution is 6.09. The van der Waals surface area contributed by atoms with Crippen molar-refractivity contribution in [2.75, 3.05) is 5.73 Å². The number of hydrogen-bond donors (Lipinski definition) is 1. The zero-order valence-electron chi connectivity index (χ0n) is 20.8. The van der Waals surface area contributed by atoms with E-state index in [4.69, 9.17) is 10.2 Å². The second-order valence-electron chi connectivity index (χ2n) is 9.61. The molecule has 0 saturated heterocycles. The van der Waals surface area contributed by atoms with Crippen molar-refractivity contribution < 1.29 is 4.42 Å². The van der Waals surface area contributed by atoms with Crippen molar-refractivity contribution >= 4 is 27.6 Å². The third-order valence-corrected chi connectivity index (χ3v) is 7.24. The van der Waals surface area contributed by atoms with Gasteiger partial charge >= 0.3 is 0 Å². The summed E-state index contributed by atoms with van der Waals surface area (Å²) in [5.41, 5.74) is 18.0. The third-order valence-electron chi connectivity index (χ3n) is 7.24. The summed E-state index contributed by atoms with van der Waals surface area (Å²) < 4.78 is 6.32. The number of furan rings is 1. The number of para-hydroxylation sites is 2. The van der Waals surface area contributed by atoms with Gasteiger partial charge in [0.1, 0.15) is 11.2 Å². The second-order valence-corrected chi connectivity index (χ2v) is 9.61. The van der Waals surface area contributed by atoms with Gasteiger partial charge in [0.2, 0.25) is 0 Å². The van der Waals surface area contributed by atoms with Gasteiger partial charge in [-0.05, 0) is 63.2 Å². The molecular weight excluding hydrogens is 462 g/mol. The first-order chi connectivity index (χ1) is 18.7. The van der Waals surface area contributed by atoms with Gasteiger partial charge in [-0.2, -0.15) is 0 Å². The quantitative estimate of drug-likeness (QED) is 0.251. The third kappa shape index (κ3) is 3.84. The SMILES string of the molecule is Nc1ccc(-c2cccc(-c3cccc4c3oc3ccccc34)c2)c(-c2ccc(-c3ccccc3)cc2)c1. The molecule has 0 saturated carbocycles. The minimum atomic E-state index is 0.749. The molecule has 0 aliphatic heterocycles. The number of nitrogen functional groups attached to an aromatic ring is 1. The van der Waals surface area contributed by atoms with Gasteiger partial charge in [-0.25, -0.2) is 0 Å². The average molecular weight is 488 g/mol. The molecule has 0 aliphatic carbocycles. The van der Waals surface area contributed by atoms with Crippen LogP contribution in [-0.2, 0) is 0 Å². The normalized spacial score (nSPS) is 11.3. The maximum atomic E-state index is 6.32. The number of benzene rings is 6. The molecule has 7 rings (SSSR count). The first-order valence-electron chi connectivity index (χ1n) is 12.8. The highest BCUT2D eigenvalue weighted by Gasteiger charge is 2.14. The van der Waals surface area contributed by atoms with Crippen LogP contribution in [0.15, 0.2) is 144 Å². The largest absolute Gasteiger partial charge is 0.455 e. The van der Waals surface area contributed by atoms with Crippen LogP contribution < -0.4 is 5.73 Å². The van der Waals surface area contributed by atoms with Crippen LogP contribution in [0.2, 0.25) is 0 Å². The Balaban J connectivity index is 1.33. The van der Waals surface area contributed by atoms with E-state index in [1.807, 2.05) is 24.3 Å². The molecule has 0 atom stereocenters. The Bertz CT molecular complexity index is 1910. The van der Waals surface area contributed by atoms with E-state index in [1.165, 1.54) is 11.1 Å². The highest BCUT2D eigenvalue weighted by atomic mass is 16.3. The van der Waals surface area contributed by atoms with E-state index in [0.29, 0.717) is 0 Å². The fourth-order valence-corrected chi connectivity index (χ4v) is 5.35. The molecule has 0 radical (unpaired) electrons. The topological polar surface area (TPSA) is 39.2 Å². The van der Waals surface area contributed by atoms with E-state index in [1.54, 1.807) is 0 Å². The number of rotatable bonds is 4. The van der Waals surface area contributed by atoms with Gasteiger partial charge in [-0.15, -0.1) is 0 Å². The van der Waals surface area contributed by atoms with E-state index in [9.17, 15) is 0 Å². The maximum Gasteiger partial charge on any atom is 0.143 e. The van der Waals surface area contributed by atoms with Crippen LogP contribution in [-0.4, -0.2) is 0 Å². The van der Waals surface area contributed by atoms with Crippen molar-refractivity contribution in [3.63, 3.8) is 0 Å². The number of fused-ring (bicyclic) bond motifs is 3. The lowest BCUT2D eigenvalue weighted by atomic mass is 9.91. The summed E-state index contributed by atoms with van der Waals surface area (Å²) in [7, 11) is 0. The zero-order chi connectivity index (χ0) is 25.5. The molecule has 0 aliphatic rings. The van der Waals surface area contributed by atoms with Gasteiger partial charge in [0.25, 0.3) is 0 Å². The van der Waals surface area contributed by atoms with Crippen LogP contribution in [0.5, 0.6) is 0 Å². The van der Waals surface area contributed by atoms with Crippen molar-refractivity contribution in [3.8, 4) is 44.5 Å². The monoisotopic (exact) mass is 487 g/mol. The van der Waals surface area contributed by atoms with E-state index in [-0.39, 0.29) is 0 Å². The van der Waals surface area contributed by atoms with E-state index in [2.05, 4.69) is 115 Å². The Hall–Kier alpha value is -5.08. The molecule has 6 aromatic carbocycles. The van der Waals surface area contributed by atoms with Crippen molar-refractivity contribution in [1.29, 1.82) is 0 Å². The number of hydrogen-bond acceptors (Lipinski definition) is 2. The van der Waals surface area contributed by atoms with Gasteiger partial charge in [0.15, 0.2) is 0 Å². The Morgan fingerprint density at radius 2 is 1.03 bits per heavy atom. The zero-order valence-corrected chi connectivity index (χ0v) is 20.8. The van der Waals surface area contributed by atoms with Gasteiger partial charge < -0.3 is 10.2 Å². The molecule has 0 bridgehead atoms. The molecule has 38 heavy (non-hydrogen) atoms. The van der Waals surface area contributed by atoms with Crippen molar-refractivity contribution in [2.45, 2.75) is 0 Å². The molecule has 0 spiro atoms. The van der Waals surface area contributed by atoms with E-state index in [0.717, 1.165) is 61.0 Å². The molecule has 7 aromatic rings. The van der Waals surface area contributed by atoms with Crippen LogP contribution in [0.25, 0.3) is 66.4 Å². The smallest absolute Gasteiger partial charge is 0.143 e. The van der Waals surface area contributed by atoms with E-state index < -0.39 is 0 Å². The Kier molecular flexibility index (Phi) is 5.30. The summed E-state index contributed by atoms with van der Waals surface area (Å²) in [6, 6.07) is 48.6. The lowest BCUT2D eigenvalue weighted by molar-refractivity contribution is 0.670. The molecule has 2 heteroatoms. The molecule has 0 fully saturated rings. The number of anilines is 1. The minimum Gasteiger partial charge on any atom is -0.455 e. The minimum absolute atomic E-state index is 0.749. The van der Waals surface area contributed by atoms with Crippen molar-refractivity contribution in [1.82, 2.24) is 0 Å². The predicted molar refractivity (Wildman–Crippen MR) is 160 cm³/mol. The molecule has 1 aromatic heterocycles. The Labute approximate surface area is 221 Å².